The van der Waals surface area contributed by atoms with Crippen LogP contribution in [0.3, 0.4) is 0 Å². The van der Waals surface area contributed by atoms with E-state index in [-0.39, 0.29) is 11.5 Å². The Labute approximate surface area is 64.9 Å². The zero-order valence-corrected chi connectivity index (χ0v) is 6.63. The van der Waals surface area contributed by atoms with E-state index in [1.54, 1.807) is 0 Å². The van der Waals surface area contributed by atoms with Gasteiger partial charge in [-0.15, -0.1) is 4.91 Å². The lowest BCUT2D eigenvalue weighted by Crippen LogP contribution is -1.98. The van der Waals surface area contributed by atoms with Crippen LogP contribution >= 0.6 is 0 Å². The number of aliphatic hydroxyl groups is 1. The van der Waals surface area contributed by atoms with Crippen LogP contribution in [0.1, 0.15) is 26.7 Å². The highest BCUT2D eigenvalue weighted by Gasteiger charge is 2.09. The first-order chi connectivity index (χ1) is 5.13. The molecule has 4 heteroatoms. The Morgan fingerprint density at radius 3 is 2.36 bits per heavy atom. The van der Waals surface area contributed by atoms with E-state index in [0.717, 1.165) is 0 Å². The standard InChI is InChI=1S/C7H11NO3/c1-3-4-6(10)7(8-11)5(2)9/h10H,3-4H2,1-2H3. The van der Waals surface area contributed by atoms with Crippen LogP contribution in [0.4, 0.5) is 0 Å². The summed E-state index contributed by atoms with van der Waals surface area (Å²) in [5.74, 6) is -0.707. The van der Waals surface area contributed by atoms with Gasteiger partial charge in [-0.3, -0.25) is 4.79 Å². The number of carbonyl (C=O) groups is 1. The molecule has 0 atom stereocenters. The topological polar surface area (TPSA) is 66.7 Å². The highest BCUT2D eigenvalue weighted by atomic mass is 16.3. The monoisotopic (exact) mass is 157 g/mol. The summed E-state index contributed by atoms with van der Waals surface area (Å²) in [4.78, 5) is 20.6. The molecule has 0 bridgehead atoms. The number of ketones is 1. The summed E-state index contributed by atoms with van der Waals surface area (Å²) >= 11 is 0. The van der Waals surface area contributed by atoms with E-state index in [1.807, 2.05) is 6.92 Å². The van der Waals surface area contributed by atoms with Crippen molar-refractivity contribution in [1.82, 2.24) is 0 Å². The number of hydrogen-bond acceptors (Lipinski definition) is 4. The molecule has 0 spiro atoms. The van der Waals surface area contributed by atoms with Crippen molar-refractivity contribution in [3.05, 3.63) is 16.4 Å². The zero-order chi connectivity index (χ0) is 8.85. The van der Waals surface area contributed by atoms with E-state index in [4.69, 9.17) is 5.11 Å². The molecule has 0 radical (unpaired) electrons. The first-order valence-electron chi connectivity index (χ1n) is 3.39. The molecule has 62 valence electrons. The molecule has 11 heavy (non-hydrogen) atoms. The molecule has 0 rings (SSSR count). The van der Waals surface area contributed by atoms with Gasteiger partial charge in [-0.1, -0.05) is 6.92 Å². The van der Waals surface area contributed by atoms with Crippen LogP contribution in [0.25, 0.3) is 0 Å². The van der Waals surface area contributed by atoms with E-state index in [2.05, 4.69) is 5.18 Å². The van der Waals surface area contributed by atoms with Crippen molar-refractivity contribution in [1.29, 1.82) is 0 Å². The average molecular weight is 157 g/mol. The molecule has 0 aliphatic carbocycles. The van der Waals surface area contributed by atoms with Gasteiger partial charge in [-0.25, -0.2) is 0 Å². The second kappa shape index (κ2) is 4.60. The largest absolute Gasteiger partial charge is 0.510 e. The Morgan fingerprint density at radius 1 is 1.55 bits per heavy atom. The highest BCUT2D eigenvalue weighted by Crippen LogP contribution is 2.09. The van der Waals surface area contributed by atoms with Gasteiger partial charge in [-0.05, 0) is 11.6 Å². The number of Topliss-reactive ketones (excluding diaryl/α,β-unsaturated/α-hetero) is 1. The van der Waals surface area contributed by atoms with Gasteiger partial charge in [-0.2, -0.15) is 0 Å². The maximum absolute atomic E-state index is 10.6. The minimum Gasteiger partial charge on any atom is -0.510 e. The Hall–Kier alpha value is -1.19. The molecule has 0 fully saturated rings. The first kappa shape index (κ1) is 9.81. The number of allylic oxidation sites excluding steroid dienone is 2. The molecular formula is C7H11NO3. The van der Waals surface area contributed by atoms with Crippen molar-refractivity contribution in [2.45, 2.75) is 26.7 Å². The van der Waals surface area contributed by atoms with Crippen LogP contribution < -0.4 is 0 Å². The number of rotatable bonds is 4. The number of nitrogens with zero attached hydrogens (tertiary/aromatic N) is 1. The molecule has 0 aliphatic heterocycles. The summed E-state index contributed by atoms with van der Waals surface area (Å²) in [6.45, 7) is 3.03. The van der Waals surface area contributed by atoms with Crippen molar-refractivity contribution in [3.8, 4) is 0 Å². The van der Waals surface area contributed by atoms with Crippen LogP contribution in [0.15, 0.2) is 16.6 Å². The second-order valence-electron chi connectivity index (χ2n) is 2.19. The third-order valence-electron chi connectivity index (χ3n) is 1.18. The summed E-state index contributed by atoms with van der Waals surface area (Å²) < 4.78 is 0. The Morgan fingerprint density at radius 2 is 2.09 bits per heavy atom. The Balaban J connectivity index is 4.53. The van der Waals surface area contributed by atoms with Crippen molar-refractivity contribution < 1.29 is 9.90 Å². The molecule has 0 aromatic heterocycles. The molecule has 0 saturated heterocycles. The highest BCUT2D eigenvalue weighted by molar-refractivity contribution is 5.93. The predicted molar refractivity (Wildman–Crippen MR) is 41.0 cm³/mol. The van der Waals surface area contributed by atoms with Gasteiger partial charge in [0.15, 0.2) is 11.5 Å². The van der Waals surface area contributed by atoms with Gasteiger partial charge in [0, 0.05) is 13.3 Å². The number of aliphatic hydroxyl groups excluding tert-OH is 1. The molecule has 0 amide bonds. The molecule has 1 N–H and O–H groups in total. The van der Waals surface area contributed by atoms with Gasteiger partial charge in [0.1, 0.15) is 5.76 Å². The SMILES string of the molecule is CCCC(O)=C(N=O)C(C)=O. The molecule has 0 saturated carbocycles. The van der Waals surface area contributed by atoms with Gasteiger partial charge in [0.25, 0.3) is 0 Å². The molecule has 0 aromatic rings. The molecule has 0 heterocycles. The van der Waals surface area contributed by atoms with Crippen LogP contribution in [-0.2, 0) is 4.79 Å². The fourth-order valence-electron chi connectivity index (χ4n) is 0.675. The van der Waals surface area contributed by atoms with Gasteiger partial charge >= 0.3 is 0 Å². The summed E-state index contributed by atoms with van der Waals surface area (Å²) in [6, 6.07) is 0. The second-order valence-corrected chi connectivity index (χ2v) is 2.19. The molecule has 0 aromatic carbocycles. The number of carbonyl (C=O) groups excluding carboxylic acids is 1. The lowest BCUT2D eigenvalue weighted by atomic mass is 10.2. The van der Waals surface area contributed by atoms with Crippen LogP contribution in [0.2, 0.25) is 0 Å². The predicted octanol–water partition coefficient (Wildman–Crippen LogP) is 1.91. The first-order valence-corrected chi connectivity index (χ1v) is 3.39. The molecular weight excluding hydrogens is 146 g/mol. The maximum Gasteiger partial charge on any atom is 0.187 e. The zero-order valence-electron chi connectivity index (χ0n) is 6.63. The lowest BCUT2D eigenvalue weighted by molar-refractivity contribution is -0.113. The van der Waals surface area contributed by atoms with Crippen molar-refractivity contribution in [2.75, 3.05) is 0 Å². The maximum atomic E-state index is 10.6. The van der Waals surface area contributed by atoms with Crippen LogP contribution in [0.5, 0.6) is 0 Å². The Kier molecular flexibility index (Phi) is 4.10. The van der Waals surface area contributed by atoms with Crippen molar-refractivity contribution >= 4 is 5.78 Å². The summed E-state index contributed by atoms with van der Waals surface area (Å²) in [6.07, 6.45) is 0.999. The fraction of sp³-hybridized carbons (Fsp3) is 0.571. The smallest absolute Gasteiger partial charge is 0.187 e. The minimum atomic E-state index is -0.494. The summed E-state index contributed by atoms with van der Waals surface area (Å²) in [5, 5.41) is 11.5. The van der Waals surface area contributed by atoms with Gasteiger partial charge in [0.2, 0.25) is 0 Å². The third-order valence-corrected chi connectivity index (χ3v) is 1.18. The average Bonchev–Trinajstić information content (AvgIpc) is 1.88. The molecule has 4 nitrogen and oxygen atoms in total. The lowest BCUT2D eigenvalue weighted by Gasteiger charge is -1.97. The number of hydrogen-bond donors (Lipinski definition) is 1. The van der Waals surface area contributed by atoms with E-state index >= 15 is 0 Å². The van der Waals surface area contributed by atoms with E-state index in [1.165, 1.54) is 6.92 Å². The van der Waals surface area contributed by atoms with E-state index in [0.29, 0.717) is 12.8 Å². The van der Waals surface area contributed by atoms with Crippen molar-refractivity contribution in [2.24, 2.45) is 5.18 Å². The number of nitroso groups, excluding NO2 is 1. The summed E-state index contributed by atoms with van der Waals surface area (Å²) in [5.41, 5.74) is -0.355. The van der Waals surface area contributed by atoms with Gasteiger partial charge in [0.05, 0.1) is 0 Å². The quantitative estimate of drug-likeness (QED) is 0.385. The normalized spacial score (nSPS) is 12.2. The molecule has 0 aliphatic rings. The van der Waals surface area contributed by atoms with E-state index < -0.39 is 5.78 Å². The summed E-state index contributed by atoms with van der Waals surface area (Å²) in [7, 11) is 0. The Bertz CT molecular complexity index is 196. The van der Waals surface area contributed by atoms with Crippen LogP contribution in [0, 0.1) is 4.91 Å². The van der Waals surface area contributed by atoms with Crippen molar-refractivity contribution in [3.63, 3.8) is 0 Å². The third kappa shape index (κ3) is 2.93. The molecule has 0 unspecified atom stereocenters. The fourth-order valence-corrected chi connectivity index (χ4v) is 0.675. The minimum absolute atomic E-state index is 0.213. The van der Waals surface area contributed by atoms with E-state index in [9.17, 15) is 9.70 Å². The van der Waals surface area contributed by atoms with Crippen LogP contribution in [-0.4, -0.2) is 10.9 Å². The van der Waals surface area contributed by atoms with Gasteiger partial charge < -0.3 is 5.11 Å².